The first kappa shape index (κ1) is 11.7. The van der Waals surface area contributed by atoms with Crippen molar-refractivity contribution >= 4 is 5.97 Å². The maximum atomic E-state index is 11.2. The molecule has 0 saturated carbocycles. The third-order valence-corrected chi connectivity index (χ3v) is 2.06. The van der Waals surface area contributed by atoms with Crippen molar-refractivity contribution in [3.05, 3.63) is 35.9 Å². The van der Waals surface area contributed by atoms with E-state index in [0.29, 0.717) is 0 Å². The molecule has 0 saturated heterocycles. The number of carbonyl (C=O) groups is 1. The number of rotatable bonds is 4. The topological polar surface area (TPSA) is 52.3 Å². The maximum Gasteiger partial charge on any atom is 0.322 e. The van der Waals surface area contributed by atoms with Gasteiger partial charge in [-0.05, 0) is 19.4 Å². The van der Waals surface area contributed by atoms with Crippen LogP contribution in [0.15, 0.2) is 30.3 Å². The third kappa shape index (κ3) is 4.13. The van der Waals surface area contributed by atoms with E-state index in [1.165, 1.54) is 0 Å². The number of esters is 1. The molecule has 3 heteroatoms. The highest BCUT2D eigenvalue weighted by molar-refractivity contribution is 5.75. The molecule has 0 aliphatic rings. The zero-order valence-electron chi connectivity index (χ0n) is 9.14. The van der Waals surface area contributed by atoms with E-state index >= 15 is 0 Å². The molecule has 2 atom stereocenters. The zero-order valence-corrected chi connectivity index (χ0v) is 9.14. The molecule has 82 valence electrons. The summed E-state index contributed by atoms with van der Waals surface area (Å²) in [6.45, 7) is 3.49. The predicted octanol–water partition coefficient (Wildman–Crippen LogP) is 1.51. The third-order valence-electron chi connectivity index (χ3n) is 2.06. The van der Waals surface area contributed by atoms with Crippen LogP contribution in [-0.2, 0) is 16.0 Å². The maximum absolute atomic E-state index is 11.2. The fourth-order valence-corrected chi connectivity index (χ4v) is 1.29. The molecule has 0 spiro atoms. The quantitative estimate of drug-likeness (QED) is 0.761. The van der Waals surface area contributed by atoms with Crippen LogP contribution in [0.5, 0.6) is 0 Å². The molecular formula is C12H17NO2. The van der Waals surface area contributed by atoms with Crippen molar-refractivity contribution in [3.63, 3.8) is 0 Å². The summed E-state index contributed by atoms with van der Waals surface area (Å²) in [6, 6.07) is 9.36. The van der Waals surface area contributed by atoms with E-state index in [1.54, 1.807) is 6.92 Å². The van der Waals surface area contributed by atoms with Gasteiger partial charge in [0, 0.05) is 6.42 Å². The highest BCUT2D eigenvalue weighted by atomic mass is 16.5. The van der Waals surface area contributed by atoms with E-state index in [0.717, 1.165) is 12.0 Å². The molecule has 2 N–H and O–H groups in total. The van der Waals surface area contributed by atoms with Crippen LogP contribution < -0.4 is 5.73 Å². The Hall–Kier alpha value is -1.35. The van der Waals surface area contributed by atoms with Crippen molar-refractivity contribution in [1.29, 1.82) is 0 Å². The van der Waals surface area contributed by atoms with Gasteiger partial charge in [-0.25, -0.2) is 0 Å². The van der Waals surface area contributed by atoms with Crippen LogP contribution in [0.4, 0.5) is 0 Å². The zero-order chi connectivity index (χ0) is 11.3. The Morgan fingerprint density at radius 1 is 1.33 bits per heavy atom. The van der Waals surface area contributed by atoms with Crippen molar-refractivity contribution in [1.82, 2.24) is 0 Å². The van der Waals surface area contributed by atoms with Gasteiger partial charge in [0.15, 0.2) is 0 Å². The Bertz CT molecular complexity index is 309. The van der Waals surface area contributed by atoms with Crippen molar-refractivity contribution in [3.8, 4) is 0 Å². The lowest BCUT2D eigenvalue weighted by atomic mass is 10.1. The van der Waals surface area contributed by atoms with Crippen LogP contribution in [0.2, 0.25) is 0 Å². The van der Waals surface area contributed by atoms with Crippen LogP contribution in [0.25, 0.3) is 0 Å². The van der Waals surface area contributed by atoms with E-state index in [1.807, 2.05) is 37.3 Å². The lowest BCUT2D eigenvalue weighted by Gasteiger charge is -2.14. The minimum absolute atomic E-state index is 0.133. The second kappa shape index (κ2) is 5.51. The Kier molecular flexibility index (Phi) is 4.31. The molecule has 0 aromatic heterocycles. The van der Waals surface area contributed by atoms with Gasteiger partial charge in [0.1, 0.15) is 12.1 Å². The molecule has 1 aromatic carbocycles. The average Bonchev–Trinajstić information content (AvgIpc) is 2.18. The first-order valence-corrected chi connectivity index (χ1v) is 5.09. The molecule has 3 nitrogen and oxygen atoms in total. The smallest absolute Gasteiger partial charge is 0.322 e. The molecule has 0 fully saturated rings. The fourth-order valence-electron chi connectivity index (χ4n) is 1.29. The lowest BCUT2D eigenvalue weighted by Crippen LogP contribution is -2.32. The molecule has 0 aliphatic heterocycles. The summed E-state index contributed by atoms with van der Waals surface area (Å²) in [7, 11) is 0. The van der Waals surface area contributed by atoms with Crippen LogP contribution in [0.1, 0.15) is 19.4 Å². The van der Waals surface area contributed by atoms with Gasteiger partial charge in [-0.1, -0.05) is 30.3 Å². The molecule has 1 aromatic rings. The number of carbonyl (C=O) groups excluding carboxylic acids is 1. The molecule has 1 rings (SSSR count). The van der Waals surface area contributed by atoms with Crippen molar-refractivity contribution in [2.24, 2.45) is 5.73 Å². The van der Waals surface area contributed by atoms with E-state index in [9.17, 15) is 4.79 Å². The van der Waals surface area contributed by atoms with E-state index in [4.69, 9.17) is 10.5 Å². The van der Waals surface area contributed by atoms with Crippen LogP contribution in [0.3, 0.4) is 0 Å². The normalized spacial score (nSPS) is 14.3. The van der Waals surface area contributed by atoms with Crippen LogP contribution in [-0.4, -0.2) is 18.1 Å². The molecule has 0 aliphatic carbocycles. The summed E-state index contributed by atoms with van der Waals surface area (Å²) >= 11 is 0. The van der Waals surface area contributed by atoms with Crippen molar-refractivity contribution in [2.45, 2.75) is 32.4 Å². The van der Waals surface area contributed by atoms with E-state index in [2.05, 4.69) is 0 Å². The summed E-state index contributed by atoms with van der Waals surface area (Å²) in [4.78, 5) is 11.2. The summed E-state index contributed by atoms with van der Waals surface area (Å²) in [5.74, 6) is -0.349. The van der Waals surface area contributed by atoms with Crippen molar-refractivity contribution < 1.29 is 9.53 Å². The summed E-state index contributed by atoms with van der Waals surface area (Å²) in [5, 5.41) is 0. The minimum atomic E-state index is -0.553. The SMILES string of the molecule is CC(Cc1ccccc1)OC(=O)[C@H](C)N. The van der Waals surface area contributed by atoms with Gasteiger partial charge in [0.25, 0.3) is 0 Å². The highest BCUT2D eigenvalue weighted by Gasteiger charge is 2.13. The van der Waals surface area contributed by atoms with Gasteiger partial charge >= 0.3 is 5.97 Å². The van der Waals surface area contributed by atoms with E-state index in [-0.39, 0.29) is 12.1 Å². The second-order valence-electron chi connectivity index (χ2n) is 3.73. The lowest BCUT2D eigenvalue weighted by molar-refractivity contribution is -0.149. The van der Waals surface area contributed by atoms with Crippen molar-refractivity contribution in [2.75, 3.05) is 0 Å². The Labute approximate surface area is 90.2 Å². The van der Waals surface area contributed by atoms with Gasteiger partial charge in [-0.15, -0.1) is 0 Å². The van der Waals surface area contributed by atoms with Gasteiger partial charge in [-0.2, -0.15) is 0 Å². The van der Waals surface area contributed by atoms with Gasteiger partial charge in [-0.3, -0.25) is 4.79 Å². The second-order valence-corrected chi connectivity index (χ2v) is 3.73. The standard InChI is InChI=1S/C12H17NO2/c1-9(15-12(14)10(2)13)8-11-6-4-3-5-7-11/h3-7,9-10H,8,13H2,1-2H3/t9?,10-/m0/s1. The van der Waals surface area contributed by atoms with E-state index < -0.39 is 6.04 Å². The number of benzene rings is 1. The minimum Gasteiger partial charge on any atom is -0.461 e. The van der Waals surface area contributed by atoms with Gasteiger partial charge in [0.2, 0.25) is 0 Å². The summed E-state index contributed by atoms with van der Waals surface area (Å²) < 4.78 is 5.15. The first-order valence-electron chi connectivity index (χ1n) is 5.09. The number of nitrogens with two attached hydrogens (primary N) is 1. The largest absolute Gasteiger partial charge is 0.461 e. The Morgan fingerprint density at radius 2 is 1.93 bits per heavy atom. The van der Waals surface area contributed by atoms with Gasteiger partial charge in [0.05, 0.1) is 0 Å². The fraction of sp³-hybridized carbons (Fsp3) is 0.417. The molecular weight excluding hydrogens is 190 g/mol. The molecule has 0 radical (unpaired) electrons. The number of ether oxygens (including phenoxy) is 1. The highest BCUT2D eigenvalue weighted by Crippen LogP contribution is 2.06. The number of hydrogen-bond donors (Lipinski definition) is 1. The molecule has 0 amide bonds. The van der Waals surface area contributed by atoms with Crippen LogP contribution >= 0.6 is 0 Å². The Morgan fingerprint density at radius 3 is 2.47 bits per heavy atom. The molecule has 0 heterocycles. The van der Waals surface area contributed by atoms with Gasteiger partial charge < -0.3 is 10.5 Å². The predicted molar refractivity (Wildman–Crippen MR) is 59.3 cm³/mol. The number of hydrogen-bond acceptors (Lipinski definition) is 3. The first-order chi connectivity index (χ1) is 7.09. The monoisotopic (exact) mass is 207 g/mol. The summed E-state index contributed by atoms with van der Waals surface area (Å²) in [6.07, 6.45) is 0.588. The average molecular weight is 207 g/mol. The molecule has 1 unspecified atom stereocenters. The Balaban J connectivity index is 2.43. The van der Waals surface area contributed by atoms with Crippen LogP contribution in [0, 0.1) is 0 Å². The summed E-state index contributed by atoms with van der Waals surface area (Å²) in [5.41, 5.74) is 6.56. The molecule has 15 heavy (non-hydrogen) atoms. The molecule has 0 bridgehead atoms.